The smallest absolute Gasteiger partial charge is 0.351 e. The summed E-state index contributed by atoms with van der Waals surface area (Å²) in [7, 11) is 0. The minimum Gasteiger partial charge on any atom is -0.384 e. The second kappa shape index (κ2) is 4.71. The molecule has 1 aliphatic heterocycles. The Hall–Kier alpha value is -1.80. The van der Waals surface area contributed by atoms with Crippen molar-refractivity contribution in [2.24, 2.45) is 0 Å². The molecule has 3 N–H and O–H groups in total. The van der Waals surface area contributed by atoms with Gasteiger partial charge in [-0.15, -0.1) is 6.58 Å². The number of alkyl halides is 2. The summed E-state index contributed by atoms with van der Waals surface area (Å²) in [5, 5.41) is 9.54. The standard InChI is InChI=1S/C11H13F2N3O3/c1-2-3-6-8(17)11(12,13)9(19-6)16-5-4-7(14)15-10(16)18/h2,4-6,8-9,17H,1,3H2,(H2,14,15,18)/t6?,8-,9-/m1/s1. The van der Waals surface area contributed by atoms with Gasteiger partial charge in [-0.2, -0.15) is 13.8 Å². The van der Waals surface area contributed by atoms with Crippen molar-refractivity contribution in [2.75, 3.05) is 5.73 Å². The summed E-state index contributed by atoms with van der Waals surface area (Å²) in [5.74, 6) is -3.68. The van der Waals surface area contributed by atoms with E-state index < -0.39 is 30.0 Å². The highest BCUT2D eigenvalue weighted by atomic mass is 19.3. The van der Waals surface area contributed by atoms with Crippen LogP contribution in [-0.2, 0) is 4.74 Å². The molecule has 0 spiro atoms. The van der Waals surface area contributed by atoms with E-state index >= 15 is 0 Å². The molecule has 0 saturated carbocycles. The zero-order valence-electron chi connectivity index (χ0n) is 9.87. The number of aromatic nitrogens is 2. The topological polar surface area (TPSA) is 90.4 Å². The molecule has 2 rings (SSSR count). The molecule has 1 unspecified atom stereocenters. The Morgan fingerprint density at radius 1 is 1.68 bits per heavy atom. The van der Waals surface area contributed by atoms with E-state index in [-0.39, 0.29) is 12.2 Å². The van der Waals surface area contributed by atoms with Crippen LogP contribution in [-0.4, -0.2) is 32.8 Å². The van der Waals surface area contributed by atoms with Crippen LogP contribution >= 0.6 is 0 Å². The summed E-state index contributed by atoms with van der Waals surface area (Å²) in [6.07, 6.45) is -2.58. The highest BCUT2D eigenvalue weighted by Gasteiger charge is 2.59. The van der Waals surface area contributed by atoms with E-state index in [0.717, 1.165) is 6.20 Å². The quantitative estimate of drug-likeness (QED) is 0.773. The predicted molar refractivity (Wildman–Crippen MR) is 62.6 cm³/mol. The van der Waals surface area contributed by atoms with Crippen LogP contribution in [0.1, 0.15) is 12.6 Å². The van der Waals surface area contributed by atoms with E-state index in [1.165, 1.54) is 12.1 Å². The molecule has 0 aliphatic carbocycles. The van der Waals surface area contributed by atoms with Crippen LogP contribution in [0.15, 0.2) is 29.7 Å². The molecular weight excluding hydrogens is 260 g/mol. The number of nitrogens with zero attached hydrogens (tertiary/aromatic N) is 2. The number of halogens is 2. The largest absolute Gasteiger partial charge is 0.384 e. The normalized spacial score (nSPS) is 29.3. The van der Waals surface area contributed by atoms with E-state index in [2.05, 4.69) is 11.6 Å². The minimum atomic E-state index is -3.60. The van der Waals surface area contributed by atoms with Gasteiger partial charge in [0.25, 0.3) is 0 Å². The van der Waals surface area contributed by atoms with E-state index in [4.69, 9.17) is 10.5 Å². The van der Waals surface area contributed by atoms with E-state index in [9.17, 15) is 18.7 Å². The van der Waals surface area contributed by atoms with Crippen molar-refractivity contribution in [2.45, 2.75) is 30.8 Å². The fourth-order valence-electron chi connectivity index (χ4n) is 1.93. The van der Waals surface area contributed by atoms with Gasteiger partial charge < -0.3 is 15.6 Å². The number of hydrogen-bond donors (Lipinski definition) is 2. The maximum atomic E-state index is 13.9. The highest BCUT2D eigenvalue weighted by molar-refractivity contribution is 5.23. The summed E-state index contributed by atoms with van der Waals surface area (Å²) in [4.78, 5) is 14.9. The van der Waals surface area contributed by atoms with Gasteiger partial charge >= 0.3 is 11.6 Å². The van der Waals surface area contributed by atoms with Gasteiger partial charge in [-0.25, -0.2) is 4.79 Å². The lowest BCUT2D eigenvalue weighted by Crippen LogP contribution is -2.41. The Kier molecular flexibility index (Phi) is 3.38. The number of hydrogen-bond acceptors (Lipinski definition) is 5. The molecule has 0 bridgehead atoms. The van der Waals surface area contributed by atoms with Gasteiger partial charge in [0, 0.05) is 6.20 Å². The van der Waals surface area contributed by atoms with Crippen LogP contribution in [0.3, 0.4) is 0 Å². The summed E-state index contributed by atoms with van der Waals surface area (Å²) >= 11 is 0. The number of nitrogens with two attached hydrogens (primary N) is 1. The van der Waals surface area contributed by atoms with Crippen LogP contribution in [0.5, 0.6) is 0 Å². The second-order valence-corrected chi connectivity index (χ2v) is 4.21. The number of rotatable bonds is 3. The molecule has 0 aromatic carbocycles. The molecule has 104 valence electrons. The lowest BCUT2D eigenvalue weighted by molar-refractivity contribution is -0.140. The molecule has 2 heterocycles. The van der Waals surface area contributed by atoms with E-state index in [1.807, 2.05) is 0 Å². The third-order valence-corrected chi connectivity index (χ3v) is 2.88. The maximum absolute atomic E-state index is 13.9. The molecule has 1 aromatic rings. The Morgan fingerprint density at radius 3 is 2.95 bits per heavy atom. The van der Waals surface area contributed by atoms with E-state index in [0.29, 0.717) is 4.57 Å². The van der Waals surface area contributed by atoms with Gasteiger partial charge in [0.1, 0.15) is 11.9 Å². The van der Waals surface area contributed by atoms with Crippen molar-refractivity contribution in [1.29, 1.82) is 0 Å². The Labute approximate surface area is 107 Å². The fourth-order valence-corrected chi connectivity index (χ4v) is 1.93. The molecule has 8 heteroatoms. The predicted octanol–water partition coefficient (Wildman–Crippen LogP) is 0.295. The first-order valence-corrected chi connectivity index (χ1v) is 5.55. The van der Waals surface area contributed by atoms with Gasteiger partial charge in [-0.05, 0) is 12.5 Å². The van der Waals surface area contributed by atoms with Gasteiger partial charge in [-0.3, -0.25) is 4.57 Å². The molecule has 1 saturated heterocycles. The summed E-state index contributed by atoms with van der Waals surface area (Å²) < 4.78 is 33.5. The van der Waals surface area contributed by atoms with Crippen LogP contribution in [0, 0.1) is 0 Å². The third-order valence-electron chi connectivity index (χ3n) is 2.88. The van der Waals surface area contributed by atoms with Crippen LogP contribution in [0.25, 0.3) is 0 Å². The van der Waals surface area contributed by atoms with Crippen LogP contribution < -0.4 is 11.4 Å². The highest BCUT2D eigenvalue weighted by Crippen LogP contribution is 2.43. The molecule has 1 aromatic heterocycles. The minimum absolute atomic E-state index is 0.0460. The van der Waals surface area contributed by atoms with Crippen molar-refractivity contribution in [3.05, 3.63) is 35.4 Å². The average Bonchev–Trinajstić information content (AvgIpc) is 2.54. The molecule has 0 radical (unpaired) electrons. The molecule has 3 atom stereocenters. The van der Waals surface area contributed by atoms with Gasteiger partial charge in [0.05, 0.1) is 6.10 Å². The number of aliphatic hydroxyl groups excluding tert-OH is 1. The van der Waals surface area contributed by atoms with Crippen LogP contribution in [0.2, 0.25) is 0 Å². The van der Waals surface area contributed by atoms with E-state index in [1.54, 1.807) is 0 Å². The first kappa shape index (κ1) is 13.6. The summed E-state index contributed by atoms with van der Waals surface area (Å²) in [5.41, 5.74) is 4.32. The SMILES string of the molecule is C=CCC1O[C@@H](n2ccc(N)nc2=O)C(F)(F)[C@@H]1O. The van der Waals surface area contributed by atoms with Gasteiger partial charge in [-0.1, -0.05) is 6.08 Å². The number of nitrogen functional groups attached to an aromatic ring is 1. The zero-order valence-corrected chi connectivity index (χ0v) is 9.87. The van der Waals surface area contributed by atoms with Crippen molar-refractivity contribution in [3.8, 4) is 0 Å². The molecule has 1 fully saturated rings. The van der Waals surface area contributed by atoms with Crippen molar-refractivity contribution < 1.29 is 18.6 Å². The zero-order chi connectivity index (χ0) is 14.2. The fraction of sp³-hybridized carbons (Fsp3) is 0.455. The lowest BCUT2D eigenvalue weighted by Gasteiger charge is -2.20. The van der Waals surface area contributed by atoms with Gasteiger partial charge in [0.15, 0.2) is 0 Å². The Balaban J connectivity index is 2.39. The summed E-state index contributed by atoms with van der Waals surface area (Å²) in [6, 6.07) is 1.20. The average molecular weight is 273 g/mol. The van der Waals surface area contributed by atoms with Crippen molar-refractivity contribution in [1.82, 2.24) is 9.55 Å². The second-order valence-electron chi connectivity index (χ2n) is 4.21. The molecule has 0 amide bonds. The monoisotopic (exact) mass is 273 g/mol. The molecule has 19 heavy (non-hydrogen) atoms. The number of ether oxygens (including phenoxy) is 1. The first-order valence-electron chi connectivity index (χ1n) is 5.55. The van der Waals surface area contributed by atoms with Crippen molar-refractivity contribution in [3.63, 3.8) is 0 Å². The first-order chi connectivity index (χ1) is 8.87. The number of aliphatic hydroxyl groups is 1. The Morgan fingerprint density at radius 2 is 2.37 bits per heavy atom. The third kappa shape index (κ3) is 2.24. The molecule has 6 nitrogen and oxygen atoms in total. The molecular formula is C11H13F2N3O3. The van der Waals surface area contributed by atoms with Crippen molar-refractivity contribution >= 4 is 5.82 Å². The maximum Gasteiger partial charge on any atom is 0.351 e. The van der Waals surface area contributed by atoms with Gasteiger partial charge in [0.2, 0.25) is 6.23 Å². The van der Waals surface area contributed by atoms with Crippen LogP contribution in [0.4, 0.5) is 14.6 Å². The molecule has 1 aliphatic rings. The number of anilines is 1. The lowest BCUT2D eigenvalue weighted by atomic mass is 10.1. The Bertz CT molecular complexity index is 546. The summed E-state index contributed by atoms with van der Waals surface area (Å²) in [6.45, 7) is 3.40.